The molecule has 2 N–H and O–H groups in total. The van der Waals surface area contributed by atoms with Gasteiger partial charge in [0.2, 0.25) is 0 Å². The fraction of sp³-hybridized carbons (Fsp3) is 0.529. The summed E-state index contributed by atoms with van der Waals surface area (Å²) in [5, 5.41) is 12.0. The van der Waals surface area contributed by atoms with Crippen LogP contribution in [0.1, 0.15) is 43.0 Å². The predicted molar refractivity (Wildman–Crippen MR) is 80.9 cm³/mol. The number of nitrogens with one attached hydrogen (secondary N) is 1. The molecule has 0 saturated heterocycles. The van der Waals surface area contributed by atoms with E-state index in [1.807, 2.05) is 0 Å². The minimum absolute atomic E-state index is 0.0232. The summed E-state index contributed by atoms with van der Waals surface area (Å²) in [6.45, 7) is 2.31. The monoisotopic (exact) mass is 303 g/mol. The number of rotatable bonds is 7. The maximum absolute atomic E-state index is 12.3. The maximum Gasteiger partial charge on any atom is 0.329 e. The number of hydrogen-bond donors (Lipinski definition) is 2. The molecule has 0 spiro atoms. The Morgan fingerprint density at radius 2 is 1.86 bits per heavy atom. The summed E-state index contributed by atoms with van der Waals surface area (Å²) < 4.78 is 5.63. The molecule has 0 aliphatic heterocycles. The highest BCUT2D eigenvalue weighted by Gasteiger charge is 2.48. The van der Waals surface area contributed by atoms with Crippen molar-refractivity contribution in [3.05, 3.63) is 29.8 Å². The van der Waals surface area contributed by atoms with Gasteiger partial charge >= 0.3 is 5.97 Å². The van der Waals surface area contributed by atoms with Crippen molar-refractivity contribution in [2.75, 3.05) is 6.61 Å². The van der Waals surface area contributed by atoms with Gasteiger partial charge in [-0.25, -0.2) is 4.79 Å². The van der Waals surface area contributed by atoms with Crippen molar-refractivity contribution in [2.45, 2.75) is 38.1 Å². The Bertz CT molecular complexity index is 575. The van der Waals surface area contributed by atoms with E-state index in [9.17, 15) is 14.7 Å². The molecule has 118 valence electrons. The van der Waals surface area contributed by atoms with Gasteiger partial charge in [-0.3, -0.25) is 4.79 Å². The molecule has 5 heteroatoms. The highest BCUT2D eigenvalue weighted by molar-refractivity contribution is 5.98. The van der Waals surface area contributed by atoms with Crippen LogP contribution in [-0.2, 0) is 4.79 Å². The first-order chi connectivity index (χ1) is 10.5. The molecule has 2 saturated carbocycles. The Hall–Kier alpha value is -2.04. The van der Waals surface area contributed by atoms with Crippen LogP contribution in [0.2, 0.25) is 0 Å². The fourth-order valence-corrected chi connectivity index (χ4v) is 2.50. The molecule has 1 aromatic rings. The molecule has 0 heterocycles. The summed E-state index contributed by atoms with van der Waals surface area (Å²) in [7, 11) is 0. The van der Waals surface area contributed by atoms with E-state index in [2.05, 4.69) is 5.32 Å². The normalized spacial score (nSPS) is 20.0. The number of benzene rings is 1. The number of carbonyl (C=O) groups excluding carboxylic acids is 1. The zero-order valence-electron chi connectivity index (χ0n) is 12.7. The van der Waals surface area contributed by atoms with Crippen LogP contribution in [0.3, 0.4) is 0 Å². The van der Waals surface area contributed by atoms with Gasteiger partial charge in [0.05, 0.1) is 6.61 Å². The average Bonchev–Trinajstić information content (AvgIpc) is 3.39. The van der Waals surface area contributed by atoms with Crippen molar-refractivity contribution in [2.24, 2.45) is 11.8 Å². The quantitative estimate of drug-likeness (QED) is 0.811. The lowest BCUT2D eigenvalue weighted by Gasteiger charge is -2.26. The molecule has 1 aromatic carbocycles. The summed E-state index contributed by atoms with van der Waals surface area (Å²) in [5.41, 5.74) is -0.731. The largest absolute Gasteiger partial charge is 0.493 e. The number of carbonyl (C=O) groups is 2. The van der Waals surface area contributed by atoms with Crippen LogP contribution < -0.4 is 10.1 Å². The van der Waals surface area contributed by atoms with Crippen molar-refractivity contribution < 1.29 is 19.4 Å². The molecule has 0 bridgehead atoms. The fourth-order valence-electron chi connectivity index (χ4n) is 2.50. The van der Waals surface area contributed by atoms with E-state index in [1.54, 1.807) is 31.2 Å². The molecule has 22 heavy (non-hydrogen) atoms. The number of amides is 1. The number of aliphatic carboxylic acids is 1. The minimum Gasteiger partial charge on any atom is -0.493 e. The van der Waals surface area contributed by atoms with E-state index in [1.165, 1.54) is 12.8 Å². The third-order valence-corrected chi connectivity index (χ3v) is 4.51. The molecule has 1 unspecified atom stereocenters. The first kappa shape index (κ1) is 14.9. The Balaban J connectivity index is 1.62. The van der Waals surface area contributed by atoms with E-state index < -0.39 is 11.5 Å². The summed E-state index contributed by atoms with van der Waals surface area (Å²) in [6, 6.07) is 6.86. The van der Waals surface area contributed by atoms with Gasteiger partial charge < -0.3 is 15.2 Å². The van der Waals surface area contributed by atoms with Gasteiger partial charge in [-0.05, 0) is 68.7 Å². The third-order valence-electron chi connectivity index (χ3n) is 4.51. The minimum atomic E-state index is -1.18. The van der Waals surface area contributed by atoms with E-state index >= 15 is 0 Å². The van der Waals surface area contributed by atoms with Gasteiger partial charge in [-0.2, -0.15) is 0 Å². The topological polar surface area (TPSA) is 75.6 Å². The zero-order valence-corrected chi connectivity index (χ0v) is 12.7. The Morgan fingerprint density at radius 1 is 1.23 bits per heavy atom. The van der Waals surface area contributed by atoms with Crippen LogP contribution >= 0.6 is 0 Å². The summed E-state index contributed by atoms with van der Waals surface area (Å²) >= 11 is 0. The van der Waals surface area contributed by atoms with Crippen molar-refractivity contribution in [3.8, 4) is 5.75 Å². The zero-order chi connectivity index (χ0) is 15.7. The smallest absolute Gasteiger partial charge is 0.329 e. The molecule has 2 aliphatic rings. The molecule has 0 aromatic heterocycles. The lowest BCUT2D eigenvalue weighted by molar-refractivity contribution is -0.144. The summed E-state index contributed by atoms with van der Waals surface area (Å²) in [4.78, 5) is 23.7. The molecule has 2 fully saturated rings. The Morgan fingerprint density at radius 3 is 2.36 bits per heavy atom. The molecule has 1 atom stereocenters. The number of hydrogen-bond acceptors (Lipinski definition) is 3. The second-order valence-corrected chi connectivity index (χ2v) is 6.51. The van der Waals surface area contributed by atoms with Crippen LogP contribution in [-0.4, -0.2) is 29.1 Å². The number of carboxylic acid groups (broad SMARTS) is 1. The van der Waals surface area contributed by atoms with Gasteiger partial charge in [0.15, 0.2) is 0 Å². The molecular weight excluding hydrogens is 282 g/mol. The van der Waals surface area contributed by atoms with Crippen molar-refractivity contribution in [1.29, 1.82) is 0 Å². The van der Waals surface area contributed by atoms with Crippen molar-refractivity contribution in [1.82, 2.24) is 5.32 Å². The number of carboxylic acids is 1. The first-order valence-electron chi connectivity index (χ1n) is 7.78. The Labute approximate surface area is 129 Å². The van der Waals surface area contributed by atoms with Crippen LogP contribution in [0.25, 0.3) is 0 Å². The standard InChI is InChI=1S/C17H21NO4/c1-17(16(20)21,13-6-7-13)18-15(19)12-4-8-14(9-5-12)22-10-11-2-3-11/h4-5,8-9,11,13H,2-3,6-7,10H2,1H3,(H,18,19)(H,20,21). The summed E-state index contributed by atoms with van der Waals surface area (Å²) in [6.07, 6.45) is 4.15. The van der Waals surface area contributed by atoms with Crippen LogP contribution in [0.4, 0.5) is 0 Å². The molecule has 1 amide bonds. The second kappa shape index (κ2) is 5.63. The number of ether oxygens (including phenoxy) is 1. The maximum atomic E-state index is 12.3. The highest BCUT2D eigenvalue weighted by atomic mass is 16.5. The third kappa shape index (κ3) is 3.24. The Kier molecular flexibility index (Phi) is 3.81. The molecule has 5 nitrogen and oxygen atoms in total. The molecule has 0 radical (unpaired) electrons. The van der Waals surface area contributed by atoms with Crippen LogP contribution in [0, 0.1) is 11.8 Å². The lowest BCUT2D eigenvalue weighted by Crippen LogP contribution is -2.54. The predicted octanol–water partition coefficient (Wildman–Crippen LogP) is 2.46. The lowest BCUT2D eigenvalue weighted by atomic mass is 9.95. The molecule has 3 rings (SSSR count). The second-order valence-electron chi connectivity index (χ2n) is 6.51. The SMILES string of the molecule is CC(NC(=O)c1ccc(OCC2CC2)cc1)(C(=O)O)C1CC1. The highest BCUT2D eigenvalue weighted by Crippen LogP contribution is 2.39. The van der Waals surface area contributed by atoms with Gasteiger partial charge in [-0.1, -0.05) is 0 Å². The first-order valence-corrected chi connectivity index (χ1v) is 7.78. The van der Waals surface area contributed by atoms with Gasteiger partial charge in [-0.15, -0.1) is 0 Å². The van der Waals surface area contributed by atoms with Gasteiger partial charge in [0, 0.05) is 5.56 Å². The van der Waals surface area contributed by atoms with E-state index in [4.69, 9.17) is 4.74 Å². The van der Waals surface area contributed by atoms with Crippen LogP contribution in [0.15, 0.2) is 24.3 Å². The average molecular weight is 303 g/mol. The molecular formula is C17H21NO4. The van der Waals surface area contributed by atoms with Crippen molar-refractivity contribution in [3.63, 3.8) is 0 Å². The van der Waals surface area contributed by atoms with Crippen molar-refractivity contribution >= 4 is 11.9 Å². The van der Waals surface area contributed by atoms with Gasteiger partial charge in [0.25, 0.3) is 5.91 Å². The van der Waals surface area contributed by atoms with E-state index in [-0.39, 0.29) is 11.8 Å². The summed E-state index contributed by atoms with van der Waals surface area (Å²) in [5.74, 6) is 0.109. The molecule has 2 aliphatic carbocycles. The van der Waals surface area contributed by atoms with E-state index in [0.29, 0.717) is 11.5 Å². The van der Waals surface area contributed by atoms with Gasteiger partial charge in [0.1, 0.15) is 11.3 Å². The van der Waals surface area contributed by atoms with Crippen LogP contribution in [0.5, 0.6) is 5.75 Å². The van der Waals surface area contributed by atoms with E-state index in [0.717, 1.165) is 25.2 Å².